The van der Waals surface area contributed by atoms with E-state index in [4.69, 9.17) is 9.84 Å². The van der Waals surface area contributed by atoms with E-state index in [9.17, 15) is 14.4 Å². The van der Waals surface area contributed by atoms with Gasteiger partial charge < -0.3 is 20.1 Å². The SMILES string of the molecule is O=C(O)CCC1CN(C(=O)C2CC2CNC(=O)OCC2c3ccccc3-c3ccccc32)C1. The Kier molecular flexibility index (Phi) is 5.79. The fourth-order valence-electron chi connectivity index (χ4n) is 5.13. The van der Waals surface area contributed by atoms with Gasteiger partial charge in [-0.1, -0.05) is 48.5 Å². The van der Waals surface area contributed by atoms with Crippen molar-refractivity contribution in [1.29, 1.82) is 0 Å². The number of ether oxygens (including phenoxy) is 1. The average Bonchev–Trinajstić information content (AvgIpc) is 3.50. The number of alkyl carbamates (subject to hydrolysis) is 1. The summed E-state index contributed by atoms with van der Waals surface area (Å²) in [6.45, 7) is 2.01. The van der Waals surface area contributed by atoms with Gasteiger partial charge in [0.05, 0.1) is 0 Å². The smallest absolute Gasteiger partial charge is 0.407 e. The van der Waals surface area contributed by atoms with Crippen LogP contribution in [0.4, 0.5) is 4.79 Å². The zero-order valence-electron chi connectivity index (χ0n) is 18.4. The van der Waals surface area contributed by atoms with Crippen LogP contribution in [0.15, 0.2) is 48.5 Å². The Morgan fingerprint density at radius 1 is 1.00 bits per heavy atom. The van der Waals surface area contributed by atoms with Crippen molar-refractivity contribution in [3.05, 3.63) is 59.7 Å². The van der Waals surface area contributed by atoms with Crippen LogP contribution in [0.1, 0.15) is 36.3 Å². The van der Waals surface area contributed by atoms with Crippen LogP contribution in [0, 0.1) is 17.8 Å². The third-order valence-electron chi connectivity index (χ3n) is 7.13. The first-order chi connectivity index (χ1) is 16.0. The molecule has 2 aromatic rings. The van der Waals surface area contributed by atoms with E-state index in [-0.39, 0.29) is 36.7 Å². The summed E-state index contributed by atoms with van der Waals surface area (Å²) >= 11 is 0. The van der Waals surface area contributed by atoms with Crippen molar-refractivity contribution in [2.45, 2.75) is 25.2 Å². The van der Waals surface area contributed by atoms with E-state index in [2.05, 4.69) is 29.6 Å². The Bertz CT molecular complexity index is 1030. The van der Waals surface area contributed by atoms with Crippen LogP contribution in [0.2, 0.25) is 0 Å². The molecule has 7 heteroatoms. The normalized spacial score (nSPS) is 21.0. The molecule has 0 aromatic heterocycles. The van der Waals surface area contributed by atoms with Gasteiger partial charge in [-0.15, -0.1) is 0 Å². The van der Waals surface area contributed by atoms with Crippen LogP contribution >= 0.6 is 0 Å². The van der Waals surface area contributed by atoms with Crippen molar-refractivity contribution in [2.75, 3.05) is 26.2 Å². The molecular weight excluding hydrogens is 420 g/mol. The van der Waals surface area contributed by atoms with E-state index in [1.165, 1.54) is 22.3 Å². The van der Waals surface area contributed by atoms with Crippen molar-refractivity contribution in [3.8, 4) is 11.1 Å². The van der Waals surface area contributed by atoms with Crippen molar-refractivity contribution in [3.63, 3.8) is 0 Å². The third kappa shape index (κ3) is 4.45. The summed E-state index contributed by atoms with van der Waals surface area (Å²) in [6, 6.07) is 16.4. The van der Waals surface area contributed by atoms with Gasteiger partial charge in [-0.25, -0.2) is 4.79 Å². The highest BCUT2D eigenvalue weighted by Gasteiger charge is 2.47. The Balaban J connectivity index is 1.05. The van der Waals surface area contributed by atoms with E-state index >= 15 is 0 Å². The summed E-state index contributed by atoms with van der Waals surface area (Å²) in [5, 5.41) is 11.6. The largest absolute Gasteiger partial charge is 0.481 e. The zero-order chi connectivity index (χ0) is 22.9. The number of amides is 2. The van der Waals surface area contributed by atoms with Crippen molar-refractivity contribution in [2.24, 2.45) is 17.8 Å². The lowest BCUT2D eigenvalue weighted by Crippen LogP contribution is -2.51. The van der Waals surface area contributed by atoms with Gasteiger partial charge in [0.25, 0.3) is 0 Å². The van der Waals surface area contributed by atoms with Gasteiger partial charge >= 0.3 is 12.1 Å². The highest BCUT2D eigenvalue weighted by molar-refractivity contribution is 5.83. The van der Waals surface area contributed by atoms with E-state index in [0.29, 0.717) is 32.0 Å². The molecule has 1 heterocycles. The second kappa shape index (κ2) is 8.89. The molecular formula is C26H28N2O5. The lowest BCUT2D eigenvalue weighted by atomic mass is 9.94. The molecule has 1 saturated heterocycles. The van der Waals surface area contributed by atoms with E-state index in [0.717, 1.165) is 6.42 Å². The molecule has 7 nitrogen and oxygen atoms in total. The predicted octanol–water partition coefficient (Wildman–Crippen LogP) is 3.48. The number of hydrogen-bond acceptors (Lipinski definition) is 4. The summed E-state index contributed by atoms with van der Waals surface area (Å²) in [7, 11) is 0. The van der Waals surface area contributed by atoms with Gasteiger partial charge in [-0.3, -0.25) is 9.59 Å². The second-order valence-electron chi connectivity index (χ2n) is 9.35. The summed E-state index contributed by atoms with van der Waals surface area (Å²) in [5.74, 6) is -0.238. The summed E-state index contributed by atoms with van der Waals surface area (Å²) < 4.78 is 5.56. The van der Waals surface area contributed by atoms with Crippen LogP contribution in [0.5, 0.6) is 0 Å². The van der Waals surface area contributed by atoms with E-state index < -0.39 is 12.1 Å². The number of aliphatic carboxylic acids is 1. The monoisotopic (exact) mass is 448 g/mol. The molecule has 2 aliphatic carbocycles. The summed E-state index contributed by atoms with van der Waals surface area (Å²) in [5.41, 5.74) is 4.74. The molecule has 0 spiro atoms. The molecule has 2 atom stereocenters. The van der Waals surface area contributed by atoms with Crippen molar-refractivity contribution < 1.29 is 24.2 Å². The maximum Gasteiger partial charge on any atom is 0.407 e. The molecule has 1 saturated carbocycles. The van der Waals surface area contributed by atoms with Crippen LogP contribution in [0.3, 0.4) is 0 Å². The molecule has 2 amide bonds. The molecule has 5 rings (SSSR count). The minimum atomic E-state index is -0.790. The Morgan fingerprint density at radius 3 is 2.27 bits per heavy atom. The van der Waals surface area contributed by atoms with Gasteiger partial charge in [0.2, 0.25) is 5.91 Å². The first-order valence-corrected chi connectivity index (χ1v) is 11.6. The molecule has 3 aliphatic rings. The standard InChI is InChI=1S/C26H28N2O5/c29-24(30)10-9-16-13-28(14-16)25(31)22-11-17(22)12-27-26(32)33-15-23-20-7-3-1-5-18(20)19-6-2-4-8-21(19)23/h1-8,16-17,22-23H,9-15H2,(H,27,32)(H,29,30). The molecule has 2 aromatic carbocycles. The Hall–Kier alpha value is -3.35. The first-order valence-electron chi connectivity index (χ1n) is 11.6. The molecule has 33 heavy (non-hydrogen) atoms. The highest BCUT2D eigenvalue weighted by atomic mass is 16.5. The second-order valence-corrected chi connectivity index (χ2v) is 9.35. The summed E-state index contributed by atoms with van der Waals surface area (Å²) in [4.78, 5) is 37.3. The molecule has 2 N–H and O–H groups in total. The van der Waals surface area contributed by atoms with Gasteiger partial charge in [0, 0.05) is 37.9 Å². The van der Waals surface area contributed by atoms with Crippen LogP contribution in [-0.2, 0) is 14.3 Å². The molecule has 2 unspecified atom stereocenters. The lowest BCUT2D eigenvalue weighted by Gasteiger charge is -2.39. The van der Waals surface area contributed by atoms with Crippen molar-refractivity contribution >= 4 is 18.0 Å². The molecule has 0 bridgehead atoms. The number of carboxylic acid groups (broad SMARTS) is 1. The maximum absolute atomic E-state index is 12.5. The number of nitrogens with one attached hydrogen (secondary N) is 1. The average molecular weight is 449 g/mol. The van der Waals surface area contributed by atoms with Crippen molar-refractivity contribution in [1.82, 2.24) is 10.2 Å². The number of benzene rings is 2. The predicted molar refractivity (Wildman–Crippen MR) is 122 cm³/mol. The van der Waals surface area contributed by atoms with Crippen LogP contribution in [-0.4, -0.2) is 54.2 Å². The van der Waals surface area contributed by atoms with E-state index in [1.54, 1.807) is 0 Å². The number of hydrogen-bond donors (Lipinski definition) is 2. The Labute approximate surface area is 192 Å². The first kappa shape index (κ1) is 21.5. The number of likely N-dealkylation sites (tertiary alicyclic amines) is 1. The lowest BCUT2D eigenvalue weighted by molar-refractivity contribution is -0.140. The third-order valence-corrected chi connectivity index (χ3v) is 7.13. The number of rotatable bonds is 8. The van der Waals surface area contributed by atoms with Crippen LogP contribution in [0.25, 0.3) is 11.1 Å². The molecule has 2 fully saturated rings. The number of nitrogens with zero attached hydrogens (tertiary/aromatic N) is 1. The van der Waals surface area contributed by atoms with Crippen LogP contribution < -0.4 is 5.32 Å². The maximum atomic E-state index is 12.5. The number of carbonyl (C=O) groups is 3. The molecule has 0 radical (unpaired) electrons. The van der Waals surface area contributed by atoms with Gasteiger partial charge in [0.15, 0.2) is 0 Å². The fourth-order valence-corrected chi connectivity index (χ4v) is 5.13. The van der Waals surface area contributed by atoms with E-state index in [1.807, 2.05) is 29.2 Å². The zero-order valence-corrected chi connectivity index (χ0v) is 18.4. The van der Waals surface area contributed by atoms with Gasteiger partial charge in [-0.2, -0.15) is 0 Å². The van der Waals surface area contributed by atoms with Gasteiger partial charge in [0.1, 0.15) is 6.61 Å². The minimum absolute atomic E-state index is 0.0268. The quantitative estimate of drug-likeness (QED) is 0.645. The molecule has 1 aliphatic heterocycles. The van der Waals surface area contributed by atoms with Gasteiger partial charge in [-0.05, 0) is 46.9 Å². The fraction of sp³-hybridized carbons (Fsp3) is 0.423. The Morgan fingerprint density at radius 2 is 1.64 bits per heavy atom. The minimum Gasteiger partial charge on any atom is -0.481 e. The topological polar surface area (TPSA) is 95.9 Å². The molecule has 172 valence electrons. The highest BCUT2D eigenvalue weighted by Crippen LogP contribution is 2.44. The number of fused-ring (bicyclic) bond motifs is 3. The number of carboxylic acids is 1. The number of carbonyl (C=O) groups excluding carboxylic acids is 2. The summed E-state index contributed by atoms with van der Waals surface area (Å²) in [6.07, 6.45) is 1.10.